The van der Waals surface area contributed by atoms with Gasteiger partial charge in [0.05, 0.1) is 5.92 Å². The zero-order valence-corrected chi connectivity index (χ0v) is 18.2. The van der Waals surface area contributed by atoms with Crippen LogP contribution in [0.4, 0.5) is 5.69 Å². The molecule has 0 aliphatic carbocycles. The number of hydrogen-bond acceptors (Lipinski definition) is 6. The van der Waals surface area contributed by atoms with Crippen LogP contribution in [0.5, 0.6) is 0 Å². The number of carbonyl (C=O) groups excluding carboxylic acids is 2. The Morgan fingerprint density at radius 1 is 1.16 bits per heavy atom. The van der Waals surface area contributed by atoms with Crippen LogP contribution in [0.2, 0.25) is 0 Å². The molecule has 1 amide bonds. The second kappa shape index (κ2) is 8.98. The maximum atomic E-state index is 12.7. The first kappa shape index (κ1) is 21.2. The minimum Gasteiger partial charge on any atom is -0.461 e. The lowest BCUT2D eigenvalue weighted by Gasteiger charge is -2.17. The summed E-state index contributed by atoms with van der Waals surface area (Å²) >= 11 is 1.63. The summed E-state index contributed by atoms with van der Waals surface area (Å²) in [5, 5.41) is 0.739. The fraction of sp³-hybridized carbons (Fsp3) is 0.292. The highest BCUT2D eigenvalue weighted by Crippen LogP contribution is 2.28. The summed E-state index contributed by atoms with van der Waals surface area (Å²) in [7, 11) is 0. The first-order chi connectivity index (χ1) is 15.0. The van der Waals surface area contributed by atoms with Gasteiger partial charge in [-0.1, -0.05) is 19.1 Å². The van der Waals surface area contributed by atoms with Crippen molar-refractivity contribution >= 4 is 40.3 Å². The number of rotatable bonds is 6. The van der Waals surface area contributed by atoms with Gasteiger partial charge < -0.3 is 14.1 Å². The number of thioether (sulfide) groups is 1. The molecule has 31 heavy (non-hydrogen) atoms. The smallest absolute Gasteiger partial charge is 0.336 e. The van der Waals surface area contributed by atoms with Crippen molar-refractivity contribution in [3.8, 4) is 0 Å². The molecule has 2 heterocycles. The van der Waals surface area contributed by atoms with Gasteiger partial charge in [0.1, 0.15) is 12.2 Å². The van der Waals surface area contributed by atoms with E-state index in [1.54, 1.807) is 16.7 Å². The van der Waals surface area contributed by atoms with E-state index in [0.717, 1.165) is 28.0 Å². The number of nitrogens with zero attached hydrogens (tertiary/aromatic N) is 1. The lowest BCUT2D eigenvalue weighted by atomic mass is 10.1. The summed E-state index contributed by atoms with van der Waals surface area (Å²) in [5.74, 6) is -1.08. The molecule has 1 unspecified atom stereocenters. The molecule has 0 bridgehead atoms. The second-order valence-corrected chi connectivity index (χ2v) is 8.37. The van der Waals surface area contributed by atoms with Crippen LogP contribution in [0.3, 0.4) is 0 Å². The lowest BCUT2D eigenvalue weighted by Crippen LogP contribution is -2.26. The summed E-state index contributed by atoms with van der Waals surface area (Å²) in [4.78, 5) is 39.8. The normalized spacial score (nSPS) is 16.1. The Morgan fingerprint density at radius 3 is 2.65 bits per heavy atom. The largest absolute Gasteiger partial charge is 0.461 e. The van der Waals surface area contributed by atoms with E-state index in [4.69, 9.17) is 9.15 Å². The van der Waals surface area contributed by atoms with Crippen molar-refractivity contribution in [1.82, 2.24) is 0 Å². The monoisotopic (exact) mass is 437 g/mol. The van der Waals surface area contributed by atoms with Crippen LogP contribution in [0.1, 0.15) is 24.5 Å². The van der Waals surface area contributed by atoms with Crippen LogP contribution in [0.15, 0.2) is 62.6 Å². The number of hydrogen-bond donors (Lipinski definition) is 0. The van der Waals surface area contributed by atoms with Gasteiger partial charge >= 0.3 is 11.6 Å². The minimum atomic E-state index is -0.536. The zero-order chi connectivity index (χ0) is 22.0. The van der Waals surface area contributed by atoms with Gasteiger partial charge in [0.2, 0.25) is 5.91 Å². The average molecular weight is 438 g/mol. The van der Waals surface area contributed by atoms with E-state index in [1.807, 2.05) is 55.6 Å². The molecular weight excluding hydrogens is 414 g/mol. The van der Waals surface area contributed by atoms with Crippen molar-refractivity contribution < 1.29 is 18.7 Å². The molecule has 1 saturated heterocycles. The summed E-state index contributed by atoms with van der Waals surface area (Å²) in [6.45, 7) is 2.27. The summed E-state index contributed by atoms with van der Waals surface area (Å²) in [5.41, 5.74) is 2.42. The Kier molecular flexibility index (Phi) is 6.13. The highest BCUT2D eigenvalue weighted by Gasteiger charge is 2.36. The van der Waals surface area contributed by atoms with Gasteiger partial charge in [-0.05, 0) is 48.6 Å². The van der Waals surface area contributed by atoms with Gasteiger partial charge in [-0.25, -0.2) is 4.79 Å². The van der Waals surface area contributed by atoms with Crippen LogP contribution in [0, 0.1) is 5.92 Å². The fourth-order valence-electron chi connectivity index (χ4n) is 3.76. The van der Waals surface area contributed by atoms with Crippen molar-refractivity contribution in [1.29, 1.82) is 0 Å². The van der Waals surface area contributed by atoms with Gasteiger partial charge in [-0.3, -0.25) is 9.59 Å². The Bertz CT molecular complexity index is 1180. The number of aryl methyl sites for hydroxylation is 1. The van der Waals surface area contributed by atoms with Crippen molar-refractivity contribution in [2.24, 2.45) is 5.92 Å². The van der Waals surface area contributed by atoms with Crippen molar-refractivity contribution in [2.75, 3.05) is 17.7 Å². The maximum Gasteiger partial charge on any atom is 0.336 e. The second-order valence-electron chi connectivity index (χ2n) is 7.49. The fourth-order valence-corrected chi connectivity index (χ4v) is 4.17. The topological polar surface area (TPSA) is 76.8 Å². The predicted octanol–water partition coefficient (Wildman–Crippen LogP) is 4.17. The Labute approximate surface area is 184 Å². The number of amides is 1. The Morgan fingerprint density at radius 2 is 1.94 bits per heavy atom. The molecule has 1 aliphatic rings. The first-order valence-corrected chi connectivity index (χ1v) is 11.4. The van der Waals surface area contributed by atoms with Crippen LogP contribution in [-0.4, -0.2) is 24.7 Å². The van der Waals surface area contributed by atoms with E-state index in [-0.39, 0.29) is 25.5 Å². The van der Waals surface area contributed by atoms with Crippen LogP contribution in [-0.2, 0) is 27.4 Å². The van der Waals surface area contributed by atoms with E-state index in [1.165, 1.54) is 6.07 Å². The van der Waals surface area contributed by atoms with Gasteiger partial charge in [0, 0.05) is 40.6 Å². The molecule has 0 spiro atoms. The molecule has 7 heteroatoms. The maximum absolute atomic E-state index is 12.7. The van der Waals surface area contributed by atoms with Crippen LogP contribution < -0.4 is 10.5 Å². The number of fused-ring (bicyclic) bond motifs is 1. The average Bonchev–Trinajstić information content (AvgIpc) is 3.18. The molecule has 0 saturated carbocycles. The molecule has 3 aromatic rings. The Balaban J connectivity index is 1.45. The highest BCUT2D eigenvalue weighted by molar-refractivity contribution is 7.98. The van der Waals surface area contributed by atoms with Crippen LogP contribution >= 0.6 is 11.8 Å². The third-order valence-corrected chi connectivity index (χ3v) is 6.26. The van der Waals surface area contributed by atoms with Gasteiger partial charge in [-0.15, -0.1) is 11.8 Å². The quantitative estimate of drug-likeness (QED) is 0.327. The van der Waals surface area contributed by atoms with E-state index >= 15 is 0 Å². The molecule has 6 nitrogen and oxygen atoms in total. The highest BCUT2D eigenvalue weighted by atomic mass is 32.2. The molecule has 1 fully saturated rings. The molecular formula is C24H23NO5S. The summed E-state index contributed by atoms with van der Waals surface area (Å²) < 4.78 is 10.8. The molecule has 1 aliphatic heterocycles. The van der Waals surface area contributed by atoms with Gasteiger partial charge in [-0.2, -0.15) is 0 Å². The molecule has 4 rings (SSSR count). The third-order valence-electron chi connectivity index (χ3n) is 5.52. The molecule has 0 N–H and O–H groups in total. The molecule has 0 radical (unpaired) electrons. The minimum absolute atomic E-state index is 0.0421. The van der Waals surface area contributed by atoms with E-state index in [0.29, 0.717) is 11.1 Å². The van der Waals surface area contributed by atoms with Crippen LogP contribution in [0.25, 0.3) is 11.0 Å². The van der Waals surface area contributed by atoms with Crippen molar-refractivity contribution in [3.63, 3.8) is 0 Å². The molecule has 160 valence electrons. The molecule has 1 aromatic heterocycles. The number of esters is 1. The third kappa shape index (κ3) is 4.51. The van der Waals surface area contributed by atoms with E-state index in [9.17, 15) is 14.4 Å². The number of anilines is 1. The number of benzene rings is 2. The van der Waals surface area contributed by atoms with E-state index < -0.39 is 17.5 Å². The zero-order valence-electron chi connectivity index (χ0n) is 17.4. The standard InChI is InChI=1S/C24H23NO5S/c1-3-15-4-9-20-17(12-23(27)30-21(20)10-15)14-29-24(28)16-11-22(26)25(13-16)18-5-7-19(31-2)8-6-18/h4-10,12,16H,3,11,13-14H2,1-2H3. The lowest BCUT2D eigenvalue weighted by molar-refractivity contribution is -0.149. The van der Waals surface area contributed by atoms with Crippen molar-refractivity contribution in [3.05, 3.63) is 70.1 Å². The number of ether oxygens (including phenoxy) is 1. The first-order valence-electron chi connectivity index (χ1n) is 10.1. The Hall–Kier alpha value is -3.06. The van der Waals surface area contributed by atoms with Gasteiger partial charge in [0.15, 0.2) is 0 Å². The molecule has 2 aromatic carbocycles. The summed E-state index contributed by atoms with van der Waals surface area (Å²) in [6, 6.07) is 14.7. The SMILES string of the molecule is CCc1ccc2c(COC(=O)C3CC(=O)N(c4ccc(SC)cc4)C3)cc(=O)oc2c1. The van der Waals surface area contributed by atoms with E-state index in [2.05, 4.69) is 0 Å². The van der Waals surface area contributed by atoms with Crippen molar-refractivity contribution in [2.45, 2.75) is 31.3 Å². The predicted molar refractivity (Wildman–Crippen MR) is 120 cm³/mol. The summed E-state index contributed by atoms with van der Waals surface area (Å²) in [6.07, 6.45) is 2.93. The number of carbonyl (C=O) groups is 2. The van der Waals surface area contributed by atoms with Gasteiger partial charge in [0.25, 0.3) is 0 Å². The molecule has 1 atom stereocenters.